The van der Waals surface area contributed by atoms with Crippen molar-refractivity contribution >= 4 is 23.2 Å². The second-order valence-electron chi connectivity index (χ2n) is 5.43. The maximum atomic E-state index is 12.3. The van der Waals surface area contributed by atoms with Gasteiger partial charge in [0.1, 0.15) is 18.5 Å². The SMILES string of the molecule is O=C1Nc2ccccc2[C@]12OC[C@H](COc1ccc(Cl)cc1)O2. The lowest BCUT2D eigenvalue weighted by molar-refractivity contribution is -0.185. The predicted molar refractivity (Wildman–Crippen MR) is 84.5 cm³/mol. The van der Waals surface area contributed by atoms with Crippen LogP contribution in [0.1, 0.15) is 5.56 Å². The van der Waals surface area contributed by atoms with Gasteiger partial charge in [0.2, 0.25) is 0 Å². The molecule has 6 heteroatoms. The number of ether oxygens (including phenoxy) is 3. The number of rotatable bonds is 3. The molecule has 0 aromatic heterocycles. The summed E-state index contributed by atoms with van der Waals surface area (Å²) in [5.41, 5.74) is 1.43. The molecule has 1 fully saturated rings. The number of benzene rings is 2. The van der Waals surface area contributed by atoms with Crippen LogP contribution in [0.4, 0.5) is 5.69 Å². The van der Waals surface area contributed by atoms with E-state index < -0.39 is 5.79 Å². The van der Waals surface area contributed by atoms with Crippen LogP contribution < -0.4 is 10.1 Å². The van der Waals surface area contributed by atoms with Crippen molar-refractivity contribution in [2.24, 2.45) is 0 Å². The van der Waals surface area contributed by atoms with Gasteiger partial charge in [0.05, 0.1) is 12.3 Å². The molecule has 2 heterocycles. The molecule has 23 heavy (non-hydrogen) atoms. The van der Waals surface area contributed by atoms with E-state index in [-0.39, 0.29) is 18.6 Å². The number of hydrogen-bond donors (Lipinski definition) is 1. The Morgan fingerprint density at radius 1 is 1.22 bits per heavy atom. The summed E-state index contributed by atoms with van der Waals surface area (Å²) in [6.07, 6.45) is -0.331. The molecule has 2 aliphatic heterocycles. The standard InChI is InChI=1S/C17H14ClNO4/c18-11-5-7-12(8-6-11)21-9-13-10-22-17(23-13)14-3-1-2-4-15(14)19-16(17)20/h1-8,13H,9-10H2,(H,19,20)/t13-,17+/m0/s1. The zero-order chi connectivity index (χ0) is 15.9. The summed E-state index contributed by atoms with van der Waals surface area (Å²) in [6.45, 7) is 0.578. The Hall–Kier alpha value is -2.08. The number of para-hydroxylation sites is 1. The first kappa shape index (κ1) is 14.5. The van der Waals surface area contributed by atoms with Crippen molar-refractivity contribution in [1.29, 1.82) is 0 Å². The zero-order valence-electron chi connectivity index (χ0n) is 12.1. The molecule has 0 saturated carbocycles. The Balaban J connectivity index is 1.47. The molecule has 1 spiro atoms. The van der Waals surface area contributed by atoms with Crippen LogP contribution in [0, 0.1) is 0 Å². The van der Waals surface area contributed by atoms with E-state index in [0.717, 1.165) is 5.69 Å². The molecule has 2 aromatic rings. The first-order valence-corrected chi connectivity index (χ1v) is 7.66. The lowest BCUT2D eigenvalue weighted by Crippen LogP contribution is -2.36. The topological polar surface area (TPSA) is 56.8 Å². The van der Waals surface area contributed by atoms with Crippen molar-refractivity contribution in [2.45, 2.75) is 11.9 Å². The average Bonchev–Trinajstić information content (AvgIpc) is 3.11. The van der Waals surface area contributed by atoms with Crippen LogP contribution in [0.5, 0.6) is 5.75 Å². The van der Waals surface area contributed by atoms with E-state index in [0.29, 0.717) is 22.9 Å². The van der Waals surface area contributed by atoms with Crippen molar-refractivity contribution in [3.8, 4) is 5.75 Å². The number of carbonyl (C=O) groups excluding carboxylic acids is 1. The molecule has 1 amide bonds. The van der Waals surface area contributed by atoms with Crippen LogP contribution in [0.3, 0.4) is 0 Å². The number of anilines is 1. The fraction of sp³-hybridized carbons (Fsp3) is 0.235. The Kier molecular flexibility index (Phi) is 3.49. The summed E-state index contributed by atoms with van der Waals surface area (Å²) >= 11 is 5.84. The number of fused-ring (bicyclic) bond motifs is 2. The second kappa shape index (κ2) is 5.53. The summed E-state index contributed by atoms with van der Waals surface area (Å²) in [4.78, 5) is 12.3. The number of halogens is 1. The highest BCUT2D eigenvalue weighted by Crippen LogP contribution is 2.43. The monoisotopic (exact) mass is 331 g/mol. The molecule has 5 nitrogen and oxygen atoms in total. The van der Waals surface area contributed by atoms with Gasteiger partial charge in [-0.15, -0.1) is 0 Å². The third kappa shape index (κ3) is 2.47. The van der Waals surface area contributed by atoms with Crippen LogP contribution in [0.2, 0.25) is 5.02 Å². The van der Waals surface area contributed by atoms with Gasteiger partial charge in [-0.05, 0) is 30.3 Å². The van der Waals surface area contributed by atoms with E-state index in [1.807, 2.05) is 24.3 Å². The average molecular weight is 332 g/mol. The molecule has 1 saturated heterocycles. The highest BCUT2D eigenvalue weighted by Gasteiger charge is 2.55. The molecular weight excluding hydrogens is 318 g/mol. The Morgan fingerprint density at radius 2 is 2.00 bits per heavy atom. The zero-order valence-corrected chi connectivity index (χ0v) is 12.9. The minimum atomic E-state index is -1.36. The normalized spacial score (nSPS) is 25.4. The number of amides is 1. The lowest BCUT2D eigenvalue weighted by Gasteiger charge is -2.20. The highest BCUT2D eigenvalue weighted by atomic mass is 35.5. The van der Waals surface area contributed by atoms with Gasteiger partial charge in [-0.2, -0.15) is 0 Å². The smallest absolute Gasteiger partial charge is 0.289 e. The van der Waals surface area contributed by atoms with Gasteiger partial charge in [0.15, 0.2) is 0 Å². The van der Waals surface area contributed by atoms with Crippen LogP contribution in [0.15, 0.2) is 48.5 Å². The summed E-state index contributed by atoms with van der Waals surface area (Å²) in [5.74, 6) is -0.965. The second-order valence-corrected chi connectivity index (χ2v) is 5.87. The van der Waals surface area contributed by atoms with Crippen molar-refractivity contribution in [3.63, 3.8) is 0 Å². The van der Waals surface area contributed by atoms with Crippen molar-refractivity contribution in [2.75, 3.05) is 18.5 Å². The van der Waals surface area contributed by atoms with E-state index in [1.54, 1.807) is 24.3 Å². The molecule has 4 rings (SSSR count). The molecule has 1 N–H and O–H groups in total. The van der Waals surface area contributed by atoms with E-state index in [2.05, 4.69) is 5.32 Å². The van der Waals surface area contributed by atoms with Gasteiger partial charge in [0.25, 0.3) is 11.7 Å². The molecule has 0 bridgehead atoms. The Labute approximate surface area is 138 Å². The van der Waals surface area contributed by atoms with E-state index in [4.69, 9.17) is 25.8 Å². The maximum absolute atomic E-state index is 12.3. The van der Waals surface area contributed by atoms with Gasteiger partial charge in [0, 0.05) is 10.6 Å². The van der Waals surface area contributed by atoms with Crippen LogP contribution in [0.25, 0.3) is 0 Å². The van der Waals surface area contributed by atoms with Crippen LogP contribution in [-0.4, -0.2) is 25.2 Å². The lowest BCUT2D eigenvalue weighted by atomic mass is 10.1. The van der Waals surface area contributed by atoms with Gasteiger partial charge >= 0.3 is 0 Å². The Morgan fingerprint density at radius 3 is 2.83 bits per heavy atom. The third-order valence-electron chi connectivity index (χ3n) is 3.88. The fourth-order valence-electron chi connectivity index (χ4n) is 2.78. The maximum Gasteiger partial charge on any atom is 0.289 e. The van der Waals surface area contributed by atoms with Gasteiger partial charge in [-0.1, -0.05) is 29.8 Å². The third-order valence-corrected chi connectivity index (χ3v) is 4.14. The molecular formula is C17H14ClNO4. The first-order chi connectivity index (χ1) is 11.2. The summed E-state index contributed by atoms with van der Waals surface area (Å²) in [5, 5.41) is 3.44. The molecule has 0 radical (unpaired) electrons. The fourth-order valence-corrected chi connectivity index (χ4v) is 2.91. The predicted octanol–water partition coefficient (Wildman–Crippen LogP) is 2.94. The summed E-state index contributed by atoms with van der Waals surface area (Å²) in [6, 6.07) is 14.4. The van der Waals surface area contributed by atoms with E-state index in [1.165, 1.54) is 0 Å². The quantitative estimate of drug-likeness (QED) is 0.939. The first-order valence-electron chi connectivity index (χ1n) is 7.28. The van der Waals surface area contributed by atoms with Gasteiger partial charge in [-0.3, -0.25) is 4.79 Å². The molecule has 2 atom stereocenters. The summed E-state index contributed by atoms with van der Waals surface area (Å²) in [7, 11) is 0. The minimum Gasteiger partial charge on any atom is -0.491 e. The molecule has 118 valence electrons. The van der Waals surface area contributed by atoms with Crippen LogP contribution >= 0.6 is 11.6 Å². The molecule has 0 aliphatic carbocycles. The van der Waals surface area contributed by atoms with Gasteiger partial charge in [-0.25, -0.2) is 0 Å². The molecule has 0 unspecified atom stereocenters. The Bertz CT molecular complexity index is 749. The molecule has 2 aliphatic rings. The number of hydrogen-bond acceptors (Lipinski definition) is 4. The highest BCUT2D eigenvalue weighted by molar-refractivity contribution is 6.30. The number of carbonyl (C=O) groups is 1. The van der Waals surface area contributed by atoms with E-state index >= 15 is 0 Å². The van der Waals surface area contributed by atoms with E-state index in [9.17, 15) is 4.79 Å². The van der Waals surface area contributed by atoms with Crippen molar-refractivity contribution in [1.82, 2.24) is 0 Å². The molecule has 2 aromatic carbocycles. The minimum absolute atomic E-state index is 0.287. The van der Waals surface area contributed by atoms with Crippen molar-refractivity contribution < 1.29 is 19.0 Å². The number of nitrogens with one attached hydrogen (secondary N) is 1. The summed E-state index contributed by atoms with van der Waals surface area (Å²) < 4.78 is 17.3. The van der Waals surface area contributed by atoms with Crippen molar-refractivity contribution in [3.05, 3.63) is 59.1 Å². The van der Waals surface area contributed by atoms with Crippen LogP contribution in [-0.2, 0) is 20.1 Å². The van der Waals surface area contributed by atoms with Gasteiger partial charge < -0.3 is 19.5 Å². The largest absolute Gasteiger partial charge is 0.491 e.